The molecule has 1 fully saturated rings. The van der Waals surface area contributed by atoms with E-state index in [-0.39, 0.29) is 11.7 Å². The lowest BCUT2D eigenvalue weighted by atomic mass is 10.0. The van der Waals surface area contributed by atoms with E-state index in [4.69, 9.17) is 13.9 Å². The molecule has 26 heavy (non-hydrogen) atoms. The van der Waals surface area contributed by atoms with Crippen LogP contribution in [0.1, 0.15) is 12.3 Å². The average molecular weight is 356 g/mol. The van der Waals surface area contributed by atoms with E-state index in [9.17, 15) is 4.39 Å². The second-order valence-electron chi connectivity index (χ2n) is 5.92. The summed E-state index contributed by atoms with van der Waals surface area (Å²) >= 11 is 0. The van der Waals surface area contributed by atoms with Crippen LogP contribution >= 0.6 is 0 Å². The molecule has 0 aliphatic carbocycles. The lowest BCUT2D eigenvalue weighted by Gasteiger charge is -2.20. The summed E-state index contributed by atoms with van der Waals surface area (Å²) in [6.45, 7) is 0.928. The third-order valence-electron chi connectivity index (χ3n) is 4.36. The van der Waals surface area contributed by atoms with E-state index in [1.165, 1.54) is 6.07 Å². The maximum Gasteiger partial charge on any atom is 0.251 e. The van der Waals surface area contributed by atoms with Crippen LogP contribution in [0.3, 0.4) is 0 Å². The Bertz CT molecular complexity index is 909. The highest BCUT2D eigenvalue weighted by molar-refractivity contribution is 5.73. The number of nitrogens with one attached hydrogen (secondary N) is 1. The van der Waals surface area contributed by atoms with Crippen LogP contribution in [0.15, 0.2) is 47.0 Å². The van der Waals surface area contributed by atoms with E-state index in [2.05, 4.69) is 20.5 Å². The van der Waals surface area contributed by atoms with Gasteiger partial charge in [0, 0.05) is 19.7 Å². The zero-order valence-electron chi connectivity index (χ0n) is 14.1. The molecule has 0 spiro atoms. The molecule has 0 amide bonds. The van der Waals surface area contributed by atoms with Crippen molar-refractivity contribution in [2.24, 2.45) is 0 Å². The standard InChI is InChI=1S/C18H17FN4O3/c1-24-18(8-10-25-11-18)17-23-22-16(26-17)12-5-4-9-20-15(12)21-14-7-3-2-6-13(14)19/h2-7,9H,8,10-11H2,1H3,(H,20,21). The first kappa shape index (κ1) is 16.6. The van der Waals surface area contributed by atoms with Crippen LogP contribution in [0.5, 0.6) is 0 Å². The van der Waals surface area contributed by atoms with Gasteiger partial charge in [0.1, 0.15) is 11.6 Å². The Morgan fingerprint density at radius 3 is 2.85 bits per heavy atom. The Labute approximate surface area is 149 Å². The van der Waals surface area contributed by atoms with Crippen LogP contribution in [-0.2, 0) is 15.1 Å². The quantitative estimate of drug-likeness (QED) is 0.751. The van der Waals surface area contributed by atoms with Crippen molar-refractivity contribution < 1.29 is 18.3 Å². The molecule has 2 aromatic heterocycles. The molecule has 1 aromatic carbocycles. The molecular weight excluding hydrogens is 339 g/mol. The van der Waals surface area contributed by atoms with Gasteiger partial charge in [-0.15, -0.1) is 10.2 Å². The van der Waals surface area contributed by atoms with Crippen LogP contribution in [0.25, 0.3) is 11.5 Å². The van der Waals surface area contributed by atoms with Crippen LogP contribution in [0.4, 0.5) is 15.9 Å². The van der Waals surface area contributed by atoms with Gasteiger partial charge < -0.3 is 19.2 Å². The number of halogens is 1. The monoisotopic (exact) mass is 356 g/mol. The number of pyridine rings is 1. The Morgan fingerprint density at radius 1 is 1.19 bits per heavy atom. The molecule has 1 aliphatic rings. The van der Waals surface area contributed by atoms with Crippen LogP contribution in [0.2, 0.25) is 0 Å². The number of aromatic nitrogens is 3. The lowest BCUT2D eigenvalue weighted by molar-refractivity contribution is -0.0407. The summed E-state index contributed by atoms with van der Waals surface area (Å²) in [6, 6.07) is 9.88. The van der Waals surface area contributed by atoms with Crippen molar-refractivity contribution in [2.45, 2.75) is 12.0 Å². The van der Waals surface area contributed by atoms with Gasteiger partial charge in [-0.2, -0.15) is 0 Å². The SMILES string of the molecule is COC1(c2nnc(-c3cccnc3Nc3ccccc3F)o2)CCOC1. The minimum absolute atomic E-state index is 0.273. The summed E-state index contributed by atoms with van der Waals surface area (Å²) in [5.41, 5.74) is 0.150. The highest BCUT2D eigenvalue weighted by Crippen LogP contribution is 2.35. The van der Waals surface area contributed by atoms with E-state index in [0.29, 0.717) is 42.6 Å². The van der Waals surface area contributed by atoms with Crippen LogP contribution in [-0.4, -0.2) is 35.5 Å². The molecule has 0 saturated carbocycles. The van der Waals surface area contributed by atoms with Crippen molar-refractivity contribution in [3.63, 3.8) is 0 Å². The van der Waals surface area contributed by atoms with Gasteiger partial charge in [0.05, 0.1) is 24.5 Å². The number of hydrogen-bond donors (Lipinski definition) is 1. The molecule has 1 unspecified atom stereocenters. The fourth-order valence-corrected chi connectivity index (χ4v) is 2.85. The fourth-order valence-electron chi connectivity index (χ4n) is 2.85. The third kappa shape index (κ3) is 2.93. The number of nitrogens with zero attached hydrogens (tertiary/aromatic N) is 3. The first-order chi connectivity index (χ1) is 12.7. The second-order valence-corrected chi connectivity index (χ2v) is 5.92. The van der Waals surface area contributed by atoms with E-state index in [0.717, 1.165) is 0 Å². The Hall–Kier alpha value is -2.84. The van der Waals surface area contributed by atoms with E-state index >= 15 is 0 Å². The van der Waals surface area contributed by atoms with E-state index < -0.39 is 5.60 Å². The largest absolute Gasteiger partial charge is 0.417 e. The molecule has 3 aromatic rings. The summed E-state index contributed by atoms with van der Waals surface area (Å²) in [4.78, 5) is 4.27. The maximum absolute atomic E-state index is 13.9. The predicted molar refractivity (Wildman–Crippen MR) is 91.3 cm³/mol. The van der Waals surface area contributed by atoms with Gasteiger partial charge in [0.2, 0.25) is 0 Å². The van der Waals surface area contributed by atoms with Crippen molar-refractivity contribution in [1.82, 2.24) is 15.2 Å². The molecule has 1 saturated heterocycles. The van der Waals surface area contributed by atoms with Gasteiger partial charge in [0.25, 0.3) is 11.8 Å². The average Bonchev–Trinajstić information content (AvgIpc) is 3.34. The number of para-hydroxylation sites is 1. The number of ether oxygens (including phenoxy) is 2. The Balaban J connectivity index is 1.68. The summed E-state index contributed by atoms with van der Waals surface area (Å²) in [5.74, 6) is 0.669. The molecule has 1 atom stereocenters. The van der Waals surface area contributed by atoms with E-state index in [1.807, 2.05) is 0 Å². The zero-order valence-corrected chi connectivity index (χ0v) is 14.1. The minimum atomic E-state index is -0.730. The highest BCUT2D eigenvalue weighted by atomic mass is 19.1. The number of benzene rings is 1. The van der Waals surface area contributed by atoms with Crippen molar-refractivity contribution in [3.8, 4) is 11.5 Å². The second kappa shape index (κ2) is 6.81. The van der Waals surface area contributed by atoms with Crippen molar-refractivity contribution in [3.05, 3.63) is 54.3 Å². The summed E-state index contributed by atoms with van der Waals surface area (Å²) in [5, 5.41) is 11.2. The molecule has 7 nitrogen and oxygen atoms in total. The third-order valence-corrected chi connectivity index (χ3v) is 4.36. The number of rotatable bonds is 5. The lowest BCUT2D eigenvalue weighted by Crippen LogP contribution is -2.29. The molecule has 0 radical (unpaired) electrons. The topological polar surface area (TPSA) is 82.3 Å². The highest BCUT2D eigenvalue weighted by Gasteiger charge is 2.42. The first-order valence-corrected chi connectivity index (χ1v) is 8.16. The molecule has 0 bridgehead atoms. The Morgan fingerprint density at radius 2 is 2.08 bits per heavy atom. The van der Waals surface area contributed by atoms with Gasteiger partial charge >= 0.3 is 0 Å². The van der Waals surface area contributed by atoms with E-state index in [1.54, 1.807) is 43.6 Å². The molecular formula is C18H17FN4O3. The number of anilines is 2. The normalized spacial score (nSPS) is 19.6. The first-order valence-electron chi connectivity index (χ1n) is 8.16. The maximum atomic E-state index is 13.9. The Kier molecular flexibility index (Phi) is 4.36. The van der Waals surface area contributed by atoms with Gasteiger partial charge in [-0.1, -0.05) is 12.1 Å². The van der Waals surface area contributed by atoms with Crippen LogP contribution in [0, 0.1) is 5.82 Å². The predicted octanol–water partition coefficient (Wildman–Crippen LogP) is 3.28. The van der Waals surface area contributed by atoms with Crippen molar-refractivity contribution in [2.75, 3.05) is 25.6 Å². The van der Waals surface area contributed by atoms with Crippen molar-refractivity contribution >= 4 is 11.5 Å². The van der Waals surface area contributed by atoms with Gasteiger partial charge in [-0.3, -0.25) is 0 Å². The molecule has 134 valence electrons. The molecule has 1 N–H and O–H groups in total. The summed E-state index contributed by atoms with van der Waals surface area (Å²) in [6.07, 6.45) is 2.24. The summed E-state index contributed by atoms with van der Waals surface area (Å²) in [7, 11) is 1.59. The van der Waals surface area contributed by atoms with Gasteiger partial charge in [0.15, 0.2) is 5.60 Å². The molecule has 4 rings (SSSR count). The molecule has 3 heterocycles. The smallest absolute Gasteiger partial charge is 0.251 e. The van der Waals surface area contributed by atoms with Gasteiger partial charge in [-0.05, 0) is 24.3 Å². The fraction of sp³-hybridized carbons (Fsp3) is 0.278. The van der Waals surface area contributed by atoms with Crippen molar-refractivity contribution in [1.29, 1.82) is 0 Å². The zero-order chi connectivity index (χ0) is 18.0. The number of methoxy groups -OCH3 is 1. The molecule has 1 aliphatic heterocycles. The minimum Gasteiger partial charge on any atom is -0.417 e. The summed E-state index contributed by atoms with van der Waals surface area (Å²) < 4.78 is 30.8. The van der Waals surface area contributed by atoms with Crippen LogP contribution < -0.4 is 5.32 Å². The number of hydrogen-bond acceptors (Lipinski definition) is 7. The van der Waals surface area contributed by atoms with Gasteiger partial charge in [-0.25, -0.2) is 9.37 Å². The molecule has 8 heteroatoms.